The van der Waals surface area contributed by atoms with Crippen molar-refractivity contribution in [2.24, 2.45) is 0 Å². The summed E-state index contributed by atoms with van der Waals surface area (Å²) in [7, 11) is 0. The lowest BCUT2D eigenvalue weighted by atomic mass is 10.3. The van der Waals surface area contributed by atoms with E-state index in [-0.39, 0.29) is 18.1 Å². The highest BCUT2D eigenvalue weighted by atomic mass is 35.5. The standard InChI is InChI=1S/C10H8F3N3.ClH/c11-10(12,13)9-8(14)6-15-16(9)7-4-2-1-3-5-7;/h1-6H,14H2;1H. The molecule has 0 aliphatic rings. The first-order valence-corrected chi connectivity index (χ1v) is 4.46. The van der Waals surface area contributed by atoms with E-state index in [0.717, 1.165) is 10.9 Å². The highest BCUT2D eigenvalue weighted by Crippen LogP contribution is 2.34. The maximum Gasteiger partial charge on any atom is 0.435 e. The summed E-state index contributed by atoms with van der Waals surface area (Å²) in [5.41, 5.74) is 4.26. The Morgan fingerprint density at radius 3 is 2.24 bits per heavy atom. The number of aromatic nitrogens is 2. The SMILES string of the molecule is Cl.Nc1cnn(-c2ccccc2)c1C(F)(F)F. The minimum absolute atomic E-state index is 0. The Morgan fingerprint density at radius 2 is 1.71 bits per heavy atom. The molecule has 0 spiro atoms. The van der Waals surface area contributed by atoms with Crippen LogP contribution in [0, 0.1) is 0 Å². The van der Waals surface area contributed by atoms with Gasteiger partial charge in [0, 0.05) is 0 Å². The third-order valence-corrected chi connectivity index (χ3v) is 2.07. The summed E-state index contributed by atoms with van der Waals surface area (Å²) in [4.78, 5) is 0. The summed E-state index contributed by atoms with van der Waals surface area (Å²) < 4.78 is 38.8. The van der Waals surface area contributed by atoms with Crippen molar-refractivity contribution in [3.8, 4) is 5.69 Å². The molecule has 2 aromatic rings. The van der Waals surface area contributed by atoms with Crippen LogP contribution in [0.5, 0.6) is 0 Å². The van der Waals surface area contributed by atoms with E-state index in [9.17, 15) is 13.2 Å². The van der Waals surface area contributed by atoms with E-state index < -0.39 is 11.9 Å². The number of nitrogen functional groups attached to an aromatic ring is 1. The van der Waals surface area contributed by atoms with Gasteiger partial charge in [-0.05, 0) is 12.1 Å². The molecule has 0 aliphatic heterocycles. The van der Waals surface area contributed by atoms with Gasteiger partial charge in [-0.3, -0.25) is 0 Å². The van der Waals surface area contributed by atoms with Gasteiger partial charge >= 0.3 is 6.18 Å². The summed E-state index contributed by atoms with van der Waals surface area (Å²) in [5, 5.41) is 3.62. The quantitative estimate of drug-likeness (QED) is 0.860. The lowest BCUT2D eigenvalue weighted by Crippen LogP contribution is -2.15. The first-order chi connectivity index (χ1) is 7.50. The maximum atomic E-state index is 12.7. The van der Waals surface area contributed by atoms with Gasteiger partial charge in [-0.1, -0.05) is 18.2 Å². The highest BCUT2D eigenvalue weighted by Gasteiger charge is 2.38. The van der Waals surface area contributed by atoms with E-state index >= 15 is 0 Å². The normalized spacial score (nSPS) is 11.0. The van der Waals surface area contributed by atoms with Crippen molar-refractivity contribution in [1.29, 1.82) is 0 Å². The Labute approximate surface area is 101 Å². The van der Waals surface area contributed by atoms with Crippen LogP contribution in [0.2, 0.25) is 0 Å². The highest BCUT2D eigenvalue weighted by molar-refractivity contribution is 5.85. The van der Waals surface area contributed by atoms with Crippen LogP contribution < -0.4 is 5.73 Å². The molecule has 0 radical (unpaired) electrons. The first-order valence-electron chi connectivity index (χ1n) is 4.46. The molecule has 1 aromatic carbocycles. The predicted octanol–water partition coefficient (Wildman–Crippen LogP) is 2.90. The summed E-state index contributed by atoms with van der Waals surface area (Å²) in [6.45, 7) is 0. The Bertz CT molecular complexity index is 493. The zero-order chi connectivity index (χ0) is 11.8. The largest absolute Gasteiger partial charge is 0.435 e. The van der Waals surface area contributed by atoms with Crippen molar-refractivity contribution in [3.63, 3.8) is 0 Å². The zero-order valence-electron chi connectivity index (χ0n) is 8.48. The van der Waals surface area contributed by atoms with Crippen LogP contribution in [-0.2, 0) is 6.18 Å². The van der Waals surface area contributed by atoms with Gasteiger partial charge in [-0.2, -0.15) is 18.3 Å². The van der Waals surface area contributed by atoms with Gasteiger partial charge in [0.05, 0.1) is 17.6 Å². The van der Waals surface area contributed by atoms with Crippen LogP contribution in [0.4, 0.5) is 18.9 Å². The van der Waals surface area contributed by atoms with Gasteiger partial charge in [0.15, 0.2) is 5.69 Å². The molecule has 1 aromatic heterocycles. The average Bonchev–Trinajstić information content (AvgIpc) is 2.61. The average molecular weight is 264 g/mol. The third kappa shape index (κ3) is 2.52. The number of nitrogens with zero attached hydrogens (tertiary/aromatic N) is 2. The third-order valence-electron chi connectivity index (χ3n) is 2.07. The molecular formula is C10H9ClF3N3. The number of benzene rings is 1. The van der Waals surface area contributed by atoms with Gasteiger partial charge < -0.3 is 5.73 Å². The Balaban J connectivity index is 0.00000144. The monoisotopic (exact) mass is 263 g/mol. The van der Waals surface area contributed by atoms with Crippen LogP contribution >= 0.6 is 12.4 Å². The molecule has 2 N–H and O–H groups in total. The molecule has 0 bridgehead atoms. The number of nitrogens with two attached hydrogens (primary N) is 1. The first kappa shape index (κ1) is 13.4. The molecule has 0 unspecified atom stereocenters. The van der Waals surface area contributed by atoms with E-state index in [1.807, 2.05) is 0 Å². The molecule has 0 saturated heterocycles. The number of rotatable bonds is 1. The van der Waals surface area contributed by atoms with Crippen molar-refractivity contribution in [3.05, 3.63) is 42.2 Å². The molecule has 0 saturated carbocycles. The lowest BCUT2D eigenvalue weighted by molar-refractivity contribution is -0.142. The number of halogens is 4. The van der Waals surface area contributed by atoms with E-state index in [0.29, 0.717) is 5.69 Å². The van der Waals surface area contributed by atoms with Crippen molar-refractivity contribution in [2.75, 3.05) is 5.73 Å². The summed E-state index contributed by atoms with van der Waals surface area (Å²) in [6, 6.07) is 8.04. The number of anilines is 1. The van der Waals surface area contributed by atoms with E-state index in [1.165, 1.54) is 12.1 Å². The maximum absolute atomic E-state index is 12.7. The van der Waals surface area contributed by atoms with Gasteiger partial charge in [-0.15, -0.1) is 12.4 Å². The second-order valence-electron chi connectivity index (χ2n) is 3.19. The molecule has 0 aliphatic carbocycles. The van der Waals surface area contributed by atoms with Gasteiger partial charge in [0.25, 0.3) is 0 Å². The van der Waals surface area contributed by atoms with Crippen molar-refractivity contribution >= 4 is 18.1 Å². The van der Waals surface area contributed by atoms with Gasteiger partial charge in [0.2, 0.25) is 0 Å². The van der Waals surface area contributed by atoms with Crippen LogP contribution in [0.1, 0.15) is 5.69 Å². The topological polar surface area (TPSA) is 43.8 Å². The van der Waals surface area contributed by atoms with Crippen molar-refractivity contribution in [1.82, 2.24) is 9.78 Å². The summed E-state index contributed by atoms with van der Waals surface area (Å²) >= 11 is 0. The zero-order valence-corrected chi connectivity index (χ0v) is 9.29. The van der Waals surface area contributed by atoms with Crippen molar-refractivity contribution < 1.29 is 13.2 Å². The van der Waals surface area contributed by atoms with Crippen LogP contribution in [-0.4, -0.2) is 9.78 Å². The molecule has 92 valence electrons. The molecule has 7 heteroatoms. The minimum Gasteiger partial charge on any atom is -0.396 e. The van der Waals surface area contributed by atoms with E-state index in [1.54, 1.807) is 18.2 Å². The number of alkyl halides is 3. The fourth-order valence-corrected chi connectivity index (χ4v) is 1.41. The van der Waals surface area contributed by atoms with Crippen LogP contribution in [0.15, 0.2) is 36.5 Å². The fourth-order valence-electron chi connectivity index (χ4n) is 1.41. The van der Waals surface area contributed by atoms with E-state index in [2.05, 4.69) is 5.10 Å². The molecule has 3 nitrogen and oxygen atoms in total. The second kappa shape index (κ2) is 4.67. The minimum atomic E-state index is -4.52. The number of hydrogen-bond donors (Lipinski definition) is 1. The molecule has 2 rings (SSSR count). The Morgan fingerprint density at radius 1 is 1.12 bits per heavy atom. The van der Waals surface area contributed by atoms with Crippen molar-refractivity contribution in [2.45, 2.75) is 6.18 Å². The molecule has 0 amide bonds. The Hall–Kier alpha value is -1.69. The summed E-state index contributed by atoms with van der Waals surface area (Å²) in [6.07, 6.45) is -3.52. The molecule has 17 heavy (non-hydrogen) atoms. The molecular weight excluding hydrogens is 255 g/mol. The molecule has 1 heterocycles. The number of para-hydroxylation sites is 1. The second-order valence-corrected chi connectivity index (χ2v) is 3.19. The fraction of sp³-hybridized carbons (Fsp3) is 0.100. The summed E-state index contributed by atoms with van der Waals surface area (Å²) in [5.74, 6) is 0. The van der Waals surface area contributed by atoms with E-state index in [4.69, 9.17) is 5.73 Å². The van der Waals surface area contributed by atoms with Gasteiger partial charge in [-0.25, -0.2) is 4.68 Å². The molecule has 0 fully saturated rings. The van der Waals surface area contributed by atoms with Crippen LogP contribution in [0.3, 0.4) is 0 Å². The smallest absolute Gasteiger partial charge is 0.396 e. The molecule has 0 atom stereocenters. The lowest BCUT2D eigenvalue weighted by Gasteiger charge is -2.10. The Kier molecular flexibility index (Phi) is 3.67. The number of hydrogen-bond acceptors (Lipinski definition) is 2. The van der Waals surface area contributed by atoms with Gasteiger partial charge in [0.1, 0.15) is 0 Å². The predicted molar refractivity (Wildman–Crippen MR) is 60.2 cm³/mol. The van der Waals surface area contributed by atoms with Crippen LogP contribution in [0.25, 0.3) is 5.69 Å².